The number of hydrogen-bond acceptors (Lipinski definition) is 4. The zero-order valence-corrected chi connectivity index (χ0v) is 15.8. The summed E-state index contributed by atoms with van der Waals surface area (Å²) in [6.07, 6.45) is 1.82. The number of carbonyl (C=O) groups excluding carboxylic acids is 1. The molecule has 1 amide bonds. The molecule has 0 fully saturated rings. The smallest absolute Gasteiger partial charge is 0.275 e. The Hall–Kier alpha value is -3.13. The molecule has 1 N–H and O–H groups in total. The number of aryl methyl sites for hydroxylation is 1. The predicted octanol–water partition coefficient (Wildman–Crippen LogP) is 3.97. The van der Waals surface area contributed by atoms with Crippen molar-refractivity contribution in [3.8, 4) is 5.69 Å². The first-order valence-corrected chi connectivity index (χ1v) is 9.97. The van der Waals surface area contributed by atoms with Gasteiger partial charge in [-0.05, 0) is 43.3 Å². The molecule has 1 aliphatic heterocycles. The lowest BCUT2D eigenvalue weighted by atomic mass is 10.2. The van der Waals surface area contributed by atoms with Gasteiger partial charge in [-0.1, -0.05) is 6.07 Å². The molecule has 0 bridgehead atoms. The third kappa shape index (κ3) is 2.68. The lowest BCUT2D eigenvalue weighted by Crippen LogP contribution is -2.19. The van der Waals surface area contributed by atoms with Gasteiger partial charge in [0.05, 0.1) is 17.1 Å². The van der Waals surface area contributed by atoms with Crippen LogP contribution in [-0.2, 0) is 11.5 Å². The van der Waals surface area contributed by atoms with Gasteiger partial charge in [0.2, 0.25) is 0 Å². The summed E-state index contributed by atoms with van der Waals surface area (Å²) in [7, 11) is 0. The Balaban J connectivity index is 1.59. The number of fused-ring (bicyclic) bond motifs is 2. The number of rotatable bonds is 3. The molecule has 6 nitrogen and oxygen atoms in total. The van der Waals surface area contributed by atoms with Gasteiger partial charge in [0.1, 0.15) is 23.0 Å². The van der Waals surface area contributed by atoms with Crippen molar-refractivity contribution in [1.82, 2.24) is 19.2 Å². The number of nitrogens with zero attached hydrogens (tertiary/aromatic N) is 4. The third-order valence-corrected chi connectivity index (χ3v) is 5.74. The maximum Gasteiger partial charge on any atom is 0.275 e. The Labute approximate surface area is 164 Å². The quantitative estimate of drug-likeness (QED) is 0.572. The number of benzene rings is 1. The van der Waals surface area contributed by atoms with Gasteiger partial charge < -0.3 is 5.32 Å². The molecular weight excluding hydrogens is 377 g/mol. The standard InChI is InChI=1S/C20H16FN5OS/c1-12-18(25-9-3-2-4-17(25)22-12)20(27)23-19-15-10-28-11-16(15)24-26(19)14-7-5-13(21)6-8-14/h2-9H,10-11H2,1H3,(H,23,27). The van der Waals surface area contributed by atoms with Gasteiger partial charge in [-0.25, -0.2) is 14.1 Å². The van der Waals surface area contributed by atoms with E-state index in [2.05, 4.69) is 15.4 Å². The van der Waals surface area contributed by atoms with Crippen LogP contribution in [0.4, 0.5) is 10.2 Å². The van der Waals surface area contributed by atoms with E-state index in [0.717, 1.165) is 28.4 Å². The van der Waals surface area contributed by atoms with E-state index in [1.165, 1.54) is 12.1 Å². The number of hydrogen-bond donors (Lipinski definition) is 1. The Bertz CT molecular complexity index is 1210. The monoisotopic (exact) mass is 393 g/mol. The van der Waals surface area contributed by atoms with Crippen LogP contribution in [0, 0.1) is 12.7 Å². The first-order chi connectivity index (χ1) is 13.6. The van der Waals surface area contributed by atoms with E-state index in [9.17, 15) is 9.18 Å². The zero-order valence-electron chi connectivity index (χ0n) is 15.0. The van der Waals surface area contributed by atoms with Crippen LogP contribution in [0.5, 0.6) is 0 Å². The van der Waals surface area contributed by atoms with Gasteiger partial charge in [0, 0.05) is 23.3 Å². The van der Waals surface area contributed by atoms with E-state index in [-0.39, 0.29) is 11.7 Å². The molecule has 8 heteroatoms. The lowest BCUT2D eigenvalue weighted by Gasteiger charge is -2.11. The van der Waals surface area contributed by atoms with Crippen molar-refractivity contribution in [2.45, 2.75) is 18.4 Å². The largest absolute Gasteiger partial charge is 0.305 e. The fourth-order valence-corrected chi connectivity index (χ4v) is 4.50. The summed E-state index contributed by atoms with van der Waals surface area (Å²) in [5.74, 6) is 1.63. The van der Waals surface area contributed by atoms with E-state index < -0.39 is 0 Å². The van der Waals surface area contributed by atoms with Crippen LogP contribution < -0.4 is 5.32 Å². The van der Waals surface area contributed by atoms with Gasteiger partial charge in [-0.2, -0.15) is 16.9 Å². The number of nitrogens with one attached hydrogen (secondary N) is 1. The topological polar surface area (TPSA) is 64.2 Å². The molecular formula is C20H16FN5OS. The first-order valence-electron chi connectivity index (χ1n) is 8.81. The van der Waals surface area contributed by atoms with Crippen molar-refractivity contribution in [3.05, 3.63) is 77.1 Å². The number of thioether (sulfide) groups is 1. The normalized spacial score (nSPS) is 13.1. The lowest BCUT2D eigenvalue weighted by molar-refractivity contribution is 0.102. The minimum Gasteiger partial charge on any atom is -0.305 e. The Morgan fingerprint density at radius 3 is 2.82 bits per heavy atom. The SMILES string of the molecule is Cc1nc2ccccn2c1C(=O)Nc1c2c(nn1-c1ccc(F)cc1)CSC2. The van der Waals surface area contributed by atoms with E-state index in [1.54, 1.807) is 33.0 Å². The molecule has 0 aliphatic carbocycles. The summed E-state index contributed by atoms with van der Waals surface area (Å²) in [4.78, 5) is 17.6. The van der Waals surface area contributed by atoms with Gasteiger partial charge >= 0.3 is 0 Å². The van der Waals surface area contributed by atoms with E-state index >= 15 is 0 Å². The second-order valence-electron chi connectivity index (χ2n) is 6.58. The van der Waals surface area contributed by atoms with Gasteiger partial charge in [0.25, 0.3) is 5.91 Å². The van der Waals surface area contributed by atoms with Crippen LogP contribution >= 0.6 is 11.8 Å². The van der Waals surface area contributed by atoms with Crippen LogP contribution in [0.15, 0.2) is 48.7 Å². The fraction of sp³-hybridized carbons (Fsp3) is 0.150. The highest BCUT2D eigenvalue weighted by Crippen LogP contribution is 2.36. The van der Waals surface area contributed by atoms with E-state index in [1.807, 2.05) is 31.3 Å². The molecule has 1 aliphatic rings. The Morgan fingerprint density at radius 1 is 1.18 bits per heavy atom. The maximum absolute atomic E-state index is 13.3. The second kappa shape index (κ2) is 6.49. The number of imidazole rings is 1. The number of anilines is 1. The first kappa shape index (κ1) is 17.0. The number of halogens is 1. The van der Waals surface area contributed by atoms with Crippen LogP contribution in [0.25, 0.3) is 11.3 Å². The molecule has 0 unspecified atom stereocenters. The van der Waals surface area contributed by atoms with Crippen molar-refractivity contribution in [1.29, 1.82) is 0 Å². The molecule has 0 radical (unpaired) electrons. The molecule has 3 aromatic heterocycles. The van der Waals surface area contributed by atoms with Crippen LogP contribution in [0.3, 0.4) is 0 Å². The Morgan fingerprint density at radius 2 is 2.00 bits per heavy atom. The van der Waals surface area contributed by atoms with Gasteiger partial charge in [-0.3, -0.25) is 9.20 Å². The molecule has 0 saturated carbocycles. The molecule has 4 heterocycles. The average molecular weight is 393 g/mol. The van der Waals surface area contributed by atoms with Crippen LogP contribution in [0.1, 0.15) is 27.4 Å². The van der Waals surface area contributed by atoms with Gasteiger partial charge in [0.15, 0.2) is 0 Å². The number of pyridine rings is 1. The fourth-order valence-electron chi connectivity index (χ4n) is 3.46. The predicted molar refractivity (Wildman–Crippen MR) is 106 cm³/mol. The maximum atomic E-state index is 13.3. The minimum atomic E-state index is -0.314. The Kier molecular flexibility index (Phi) is 3.94. The van der Waals surface area contributed by atoms with Crippen molar-refractivity contribution in [3.63, 3.8) is 0 Å². The summed E-state index contributed by atoms with van der Waals surface area (Å²) in [6.45, 7) is 1.82. The average Bonchev–Trinajstić information content (AvgIpc) is 3.35. The molecule has 5 rings (SSSR count). The highest BCUT2D eigenvalue weighted by Gasteiger charge is 2.26. The summed E-state index contributed by atoms with van der Waals surface area (Å²) in [5, 5.41) is 7.68. The number of carbonyl (C=O) groups is 1. The summed E-state index contributed by atoms with van der Waals surface area (Å²) < 4.78 is 16.8. The zero-order chi connectivity index (χ0) is 19.3. The van der Waals surface area contributed by atoms with Crippen LogP contribution in [0.2, 0.25) is 0 Å². The number of amides is 1. The molecule has 140 valence electrons. The number of aromatic nitrogens is 4. The van der Waals surface area contributed by atoms with Crippen LogP contribution in [-0.4, -0.2) is 25.1 Å². The highest BCUT2D eigenvalue weighted by atomic mass is 32.2. The van der Waals surface area contributed by atoms with Crippen molar-refractivity contribution < 1.29 is 9.18 Å². The summed E-state index contributed by atoms with van der Waals surface area (Å²) in [5.41, 5.74) is 4.52. The van der Waals surface area contributed by atoms with E-state index in [4.69, 9.17) is 0 Å². The molecule has 0 atom stereocenters. The van der Waals surface area contributed by atoms with Crippen molar-refractivity contribution in [2.24, 2.45) is 0 Å². The summed E-state index contributed by atoms with van der Waals surface area (Å²) in [6, 6.07) is 11.7. The molecule has 1 aromatic carbocycles. The third-order valence-electron chi connectivity index (χ3n) is 4.77. The molecule has 28 heavy (non-hydrogen) atoms. The highest BCUT2D eigenvalue weighted by molar-refractivity contribution is 7.98. The molecule has 0 spiro atoms. The van der Waals surface area contributed by atoms with E-state index in [0.29, 0.717) is 22.9 Å². The molecule has 4 aromatic rings. The van der Waals surface area contributed by atoms with Crippen molar-refractivity contribution >= 4 is 29.1 Å². The van der Waals surface area contributed by atoms with Crippen molar-refractivity contribution in [2.75, 3.05) is 5.32 Å². The molecule has 0 saturated heterocycles. The summed E-state index contributed by atoms with van der Waals surface area (Å²) >= 11 is 1.76. The second-order valence-corrected chi connectivity index (χ2v) is 7.57. The minimum absolute atomic E-state index is 0.251. The van der Waals surface area contributed by atoms with Gasteiger partial charge in [-0.15, -0.1) is 0 Å².